The Kier molecular flexibility index (Phi) is 10.3. The van der Waals surface area contributed by atoms with E-state index in [1.165, 1.54) is 0 Å². The molecule has 0 heterocycles. The molecule has 10 atom stereocenters. The molecule has 0 unspecified atom stereocenters. The van der Waals surface area contributed by atoms with E-state index in [1.54, 1.807) is 7.11 Å². The molecule has 0 aliphatic heterocycles. The maximum atomic E-state index is 12.9. The Morgan fingerprint density at radius 3 is 2.05 bits per heavy atom. The van der Waals surface area contributed by atoms with Crippen LogP contribution in [0, 0.1) is 45.3 Å². The summed E-state index contributed by atoms with van der Waals surface area (Å²) in [5.74, 6) is 0.531. The van der Waals surface area contributed by atoms with Crippen molar-refractivity contribution in [3.63, 3.8) is 0 Å². The first kappa shape index (κ1) is 35.7. The van der Waals surface area contributed by atoms with Gasteiger partial charge in [-0.15, -0.1) is 0 Å². The average molecular weight is 735 g/mol. The van der Waals surface area contributed by atoms with Crippen LogP contribution in [0.4, 0.5) is 0 Å². The molecular formula is C35H58Br2O6. The van der Waals surface area contributed by atoms with Crippen LogP contribution in [0.15, 0.2) is 0 Å². The molecule has 8 heteroatoms. The zero-order valence-corrected chi connectivity index (χ0v) is 31.4. The number of carbonyl (C=O) groups excluding carboxylic acids is 2. The second kappa shape index (κ2) is 12.4. The molecule has 0 aromatic carbocycles. The van der Waals surface area contributed by atoms with Crippen LogP contribution >= 0.6 is 31.9 Å². The van der Waals surface area contributed by atoms with Gasteiger partial charge in [-0.25, -0.2) is 0 Å². The molecule has 0 aromatic rings. The summed E-state index contributed by atoms with van der Waals surface area (Å²) < 4.78 is 18.0. The van der Waals surface area contributed by atoms with Gasteiger partial charge in [-0.05, 0) is 119 Å². The topological polar surface area (TPSA) is 82.1 Å². The molecular weight excluding hydrogens is 676 g/mol. The first-order valence-electron chi connectivity index (χ1n) is 16.6. The van der Waals surface area contributed by atoms with E-state index in [0.717, 1.165) is 57.8 Å². The summed E-state index contributed by atoms with van der Waals surface area (Å²) in [5.41, 5.74) is -1.19. The van der Waals surface area contributed by atoms with Crippen LogP contribution in [0.5, 0.6) is 0 Å². The van der Waals surface area contributed by atoms with Crippen molar-refractivity contribution in [3.8, 4) is 0 Å². The number of halogens is 2. The van der Waals surface area contributed by atoms with Gasteiger partial charge in [-0.2, -0.15) is 0 Å². The average Bonchev–Trinajstić information content (AvgIpc) is 3.31. The minimum absolute atomic E-state index is 0.0349. The highest BCUT2D eigenvalue weighted by atomic mass is 79.9. The summed E-state index contributed by atoms with van der Waals surface area (Å²) in [7, 11) is 1.75. The fraction of sp³-hybridized carbons (Fsp3) is 0.943. The normalized spacial score (nSPS) is 41.8. The van der Waals surface area contributed by atoms with E-state index in [-0.39, 0.29) is 73.9 Å². The third-order valence-corrected chi connectivity index (χ3v) is 14.8. The fourth-order valence-electron chi connectivity index (χ4n) is 11.3. The lowest BCUT2D eigenvalue weighted by molar-refractivity contribution is -0.252. The van der Waals surface area contributed by atoms with Crippen LogP contribution in [0.3, 0.4) is 0 Å². The third-order valence-electron chi connectivity index (χ3n) is 13.9. The van der Waals surface area contributed by atoms with Crippen LogP contribution < -0.4 is 0 Å². The highest BCUT2D eigenvalue weighted by Crippen LogP contribution is 2.76. The minimum atomic E-state index is -0.852. The number of ether oxygens (including phenoxy) is 3. The molecule has 0 spiro atoms. The Labute approximate surface area is 277 Å². The number of esters is 2. The number of hydrogen-bond donors (Lipinski definition) is 1. The fourth-order valence-corrected chi connectivity index (χ4v) is 11.5. The molecule has 1 N–H and O–H groups in total. The van der Waals surface area contributed by atoms with Crippen LogP contribution in [0.1, 0.15) is 120 Å². The monoisotopic (exact) mass is 732 g/mol. The summed E-state index contributed by atoms with van der Waals surface area (Å²) >= 11 is 6.63. The van der Waals surface area contributed by atoms with Crippen molar-refractivity contribution in [2.24, 2.45) is 45.3 Å². The predicted molar refractivity (Wildman–Crippen MR) is 177 cm³/mol. The van der Waals surface area contributed by atoms with Gasteiger partial charge >= 0.3 is 11.9 Å². The number of fused-ring (bicyclic) bond motifs is 5. The van der Waals surface area contributed by atoms with E-state index in [4.69, 9.17) is 14.2 Å². The van der Waals surface area contributed by atoms with E-state index < -0.39 is 5.60 Å². The molecule has 4 saturated carbocycles. The molecule has 0 aromatic heterocycles. The summed E-state index contributed by atoms with van der Waals surface area (Å²) in [6.45, 7) is 18.3. The Morgan fingerprint density at radius 1 is 0.837 bits per heavy atom. The van der Waals surface area contributed by atoms with Gasteiger partial charge in [-0.3, -0.25) is 9.59 Å². The summed E-state index contributed by atoms with van der Waals surface area (Å²) in [5, 5.41) is 12.5. The Balaban J connectivity index is 1.68. The quantitative estimate of drug-likeness (QED) is 0.180. The van der Waals surface area contributed by atoms with Gasteiger partial charge in [0.25, 0.3) is 0 Å². The lowest BCUT2D eigenvalue weighted by Gasteiger charge is -2.70. The Bertz CT molecular complexity index is 1040. The summed E-state index contributed by atoms with van der Waals surface area (Å²) in [4.78, 5) is 25.2. The Hall–Kier alpha value is -0.180. The molecule has 4 fully saturated rings. The van der Waals surface area contributed by atoms with E-state index in [0.29, 0.717) is 18.3 Å². The number of hydrogen-bond acceptors (Lipinski definition) is 6. The van der Waals surface area contributed by atoms with Gasteiger partial charge in [0.1, 0.15) is 22.9 Å². The number of aliphatic hydroxyl groups is 1. The number of alkyl halides is 2. The standard InChI is InChI=1S/C35H58Br2O6/c1-30(2,41-9)14-10-15-35(8,40)22-11-17-34(7)29(22)23(42-27(38)20-36)19-25-32(5)16-13-26(43-28(39)21-37)31(3,4)24(32)12-18-33(25,34)6/h22-26,29,40H,10-21H2,1-9H3/t22-,23+,24-,25+,26-,29-,32-,33+,34+,35+/m0/s1. The van der Waals surface area contributed by atoms with Gasteiger partial charge in [0.05, 0.1) is 11.2 Å². The molecule has 6 nitrogen and oxygen atoms in total. The van der Waals surface area contributed by atoms with Gasteiger partial charge < -0.3 is 19.3 Å². The third kappa shape index (κ3) is 6.15. The van der Waals surface area contributed by atoms with Gasteiger partial charge in [0.15, 0.2) is 0 Å². The lowest BCUT2D eigenvalue weighted by Crippen LogP contribution is -2.67. The number of rotatable bonds is 10. The smallest absolute Gasteiger partial charge is 0.316 e. The molecule has 0 radical (unpaired) electrons. The van der Waals surface area contributed by atoms with E-state index in [1.807, 2.05) is 6.92 Å². The van der Waals surface area contributed by atoms with Crippen molar-refractivity contribution in [3.05, 3.63) is 0 Å². The first-order valence-corrected chi connectivity index (χ1v) is 18.9. The summed E-state index contributed by atoms with van der Waals surface area (Å²) in [6.07, 6.45) is 9.01. The molecule has 4 aliphatic carbocycles. The molecule has 0 bridgehead atoms. The van der Waals surface area contributed by atoms with Crippen molar-refractivity contribution >= 4 is 43.8 Å². The van der Waals surface area contributed by atoms with Crippen molar-refractivity contribution in [1.29, 1.82) is 0 Å². The second-order valence-electron chi connectivity index (χ2n) is 16.7. The maximum absolute atomic E-state index is 12.9. The molecule has 43 heavy (non-hydrogen) atoms. The van der Waals surface area contributed by atoms with Gasteiger partial charge in [-0.1, -0.05) is 66.5 Å². The highest BCUT2D eigenvalue weighted by molar-refractivity contribution is 9.09. The lowest BCUT2D eigenvalue weighted by atomic mass is 9.35. The van der Waals surface area contributed by atoms with Crippen LogP contribution in [0.2, 0.25) is 0 Å². The van der Waals surface area contributed by atoms with Gasteiger partial charge in [0.2, 0.25) is 0 Å². The predicted octanol–water partition coefficient (Wildman–Crippen LogP) is 8.24. The number of carbonyl (C=O) groups is 2. The largest absolute Gasteiger partial charge is 0.461 e. The first-order chi connectivity index (χ1) is 19.8. The van der Waals surface area contributed by atoms with Crippen LogP contribution in [-0.2, 0) is 23.8 Å². The highest BCUT2D eigenvalue weighted by Gasteiger charge is 2.72. The van der Waals surface area contributed by atoms with Crippen molar-refractivity contribution < 1.29 is 28.9 Å². The maximum Gasteiger partial charge on any atom is 0.316 e. The zero-order valence-electron chi connectivity index (χ0n) is 28.2. The molecule has 0 amide bonds. The zero-order chi connectivity index (χ0) is 32.2. The van der Waals surface area contributed by atoms with Gasteiger partial charge in [0, 0.05) is 18.4 Å². The molecule has 0 saturated heterocycles. The SMILES string of the molecule is COC(C)(C)CCC[C@@](C)(O)[C@H]1CC[C@]2(C)[C@@H]1[C@H](OC(=O)CBr)C[C@@H]1[C@@]3(C)CC[C@H](OC(=O)CBr)C(C)(C)[C@@H]3CC[C@]12C. The molecule has 4 aliphatic rings. The van der Waals surface area contributed by atoms with E-state index >= 15 is 0 Å². The van der Waals surface area contributed by atoms with Crippen LogP contribution in [0.25, 0.3) is 0 Å². The molecule has 4 rings (SSSR count). The number of methoxy groups -OCH3 is 1. The van der Waals surface area contributed by atoms with Crippen molar-refractivity contribution in [2.75, 3.05) is 17.8 Å². The van der Waals surface area contributed by atoms with Crippen molar-refractivity contribution in [2.45, 2.75) is 143 Å². The molecule has 248 valence electrons. The van der Waals surface area contributed by atoms with E-state index in [9.17, 15) is 14.7 Å². The second-order valence-corrected chi connectivity index (χ2v) is 17.8. The van der Waals surface area contributed by atoms with Crippen molar-refractivity contribution in [1.82, 2.24) is 0 Å². The minimum Gasteiger partial charge on any atom is -0.461 e. The Morgan fingerprint density at radius 2 is 1.44 bits per heavy atom. The van der Waals surface area contributed by atoms with E-state index in [2.05, 4.69) is 80.3 Å². The van der Waals surface area contributed by atoms with Crippen LogP contribution in [-0.4, -0.2) is 58.2 Å². The summed E-state index contributed by atoms with van der Waals surface area (Å²) in [6, 6.07) is 0.